The van der Waals surface area contributed by atoms with E-state index >= 15 is 0 Å². The topological polar surface area (TPSA) is 72.8 Å². The van der Waals surface area contributed by atoms with Gasteiger partial charge in [0.2, 0.25) is 0 Å². The number of aryl methyl sites for hydroxylation is 1. The third-order valence-corrected chi connectivity index (χ3v) is 4.47. The molecular formula is C22H20FN5O. The molecule has 1 N–H and O–H groups in total. The quantitative estimate of drug-likeness (QED) is 0.522. The van der Waals surface area contributed by atoms with Crippen molar-refractivity contribution < 1.29 is 9.13 Å². The number of hydrogen-bond donors (Lipinski definition) is 1. The summed E-state index contributed by atoms with van der Waals surface area (Å²) in [6.07, 6.45) is 1.51. The van der Waals surface area contributed by atoms with Gasteiger partial charge in [-0.2, -0.15) is 10.2 Å². The standard InChI is InChI=1S/C22H20FN5O/c1-3-29-20-11-16(15-5-7-17(23)8-6-15)10-19-21(20)25-13-26-22(19)24-12-18-9-4-14(2)27-28-18/h4-11,13H,3,12H2,1-2H3,(H,24,25,26). The molecule has 7 heteroatoms. The molecule has 4 rings (SSSR count). The fourth-order valence-electron chi connectivity index (χ4n) is 3.05. The Hall–Kier alpha value is -3.61. The fraction of sp³-hybridized carbons (Fsp3) is 0.182. The summed E-state index contributed by atoms with van der Waals surface area (Å²) in [4.78, 5) is 8.82. The minimum atomic E-state index is -0.274. The largest absolute Gasteiger partial charge is 0.492 e. The van der Waals surface area contributed by atoms with Gasteiger partial charge in [0.1, 0.15) is 29.2 Å². The summed E-state index contributed by atoms with van der Waals surface area (Å²) in [6, 6.07) is 14.1. The van der Waals surface area contributed by atoms with Gasteiger partial charge in [0.25, 0.3) is 0 Å². The molecular weight excluding hydrogens is 369 g/mol. The van der Waals surface area contributed by atoms with Crippen molar-refractivity contribution in [2.24, 2.45) is 0 Å². The third-order valence-electron chi connectivity index (χ3n) is 4.47. The van der Waals surface area contributed by atoms with Gasteiger partial charge in [-0.1, -0.05) is 12.1 Å². The molecule has 4 aromatic rings. The lowest BCUT2D eigenvalue weighted by molar-refractivity contribution is 0.344. The summed E-state index contributed by atoms with van der Waals surface area (Å²) in [5, 5.41) is 12.4. The maximum Gasteiger partial charge on any atom is 0.146 e. The Morgan fingerprint density at radius 3 is 2.52 bits per heavy atom. The van der Waals surface area contributed by atoms with E-state index in [1.807, 2.05) is 38.1 Å². The maximum absolute atomic E-state index is 13.3. The van der Waals surface area contributed by atoms with Crippen molar-refractivity contribution in [3.8, 4) is 16.9 Å². The molecule has 0 aliphatic heterocycles. The lowest BCUT2D eigenvalue weighted by Gasteiger charge is -2.13. The van der Waals surface area contributed by atoms with Crippen molar-refractivity contribution in [2.45, 2.75) is 20.4 Å². The first kappa shape index (κ1) is 18.7. The first-order chi connectivity index (χ1) is 14.1. The molecule has 2 aromatic heterocycles. The number of hydrogen-bond acceptors (Lipinski definition) is 6. The summed E-state index contributed by atoms with van der Waals surface area (Å²) in [5.41, 5.74) is 4.17. The van der Waals surface area contributed by atoms with E-state index in [-0.39, 0.29) is 5.82 Å². The Bertz CT molecular complexity index is 1130. The zero-order valence-electron chi connectivity index (χ0n) is 16.2. The molecule has 0 saturated carbocycles. The van der Waals surface area contributed by atoms with E-state index in [1.165, 1.54) is 18.5 Å². The first-order valence-electron chi connectivity index (χ1n) is 9.34. The normalized spacial score (nSPS) is 10.9. The van der Waals surface area contributed by atoms with Crippen LogP contribution < -0.4 is 10.1 Å². The van der Waals surface area contributed by atoms with E-state index in [4.69, 9.17) is 4.74 Å². The van der Waals surface area contributed by atoms with E-state index in [0.29, 0.717) is 30.2 Å². The van der Waals surface area contributed by atoms with Gasteiger partial charge in [-0.25, -0.2) is 14.4 Å². The van der Waals surface area contributed by atoms with Crippen molar-refractivity contribution in [2.75, 3.05) is 11.9 Å². The van der Waals surface area contributed by atoms with Crippen LogP contribution in [0.1, 0.15) is 18.3 Å². The van der Waals surface area contributed by atoms with Crippen molar-refractivity contribution in [1.29, 1.82) is 0 Å². The first-order valence-corrected chi connectivity index (χ1v) is 9.34. The number of nitrogens with one attached hydrogen (secondary N) is 1. The lowest BCUT2D eigenvalue weighted by atomic mass is 10.0. The monoisotopic (exact) mass is 389 g/mol. The van der Waals surface area contributed by atoms with Crippen LogP contribution in [0, 0.1) is 12.7 Å². The van der Waals surface area contributed by atoms with Crippen molar-refractivity contribution in [1.82, 2.24) is 20.2 Å². The molecule has 2 aromatic carbocycles. The number of nitrogens with zero attached hydrogens (tertiary/aromatic N) is 4. The second-order valence-electron chi connectivity index (χ2n) is 6.55. The third kappa shape index (κ3) is 4.13. The number of halogens is 1. The van der Waals surface area contributed by atoms with Gasteiger partial charge in [0.15, 0.2) is 0 Å². The van der Waals surface area contributed by atoms with Gasteiger partial charge >= 0.3 is 0 Å². The van der Waals surface area contributed by atoms with Gasteiger partial charge in [-0.3, -0.25) is 0 Å². The predicted octanol–water partition coefficient (Wildman–Crippen LogP) is 4.55. The highest BCUT2D eigenvalue weighted by Crippen LogP contribution is 2.34. The van der Waals surface area contributed by atoms with Gasteiger partial charge in [0, 0.05) is 5.39 Å². The van der Waals surface area contributed by atoms with E-state index in [0.717, 1.165) is 27.9 Å². The molecule has 0 aliphatic carbocycles. The average Bonchev–Trinajstić information content (AvgIpc) is 2.74. The second-order valence-corrected chi connectivity index (χ2v) is 6.55. The molecule has 29 heavy (non-hydrogen) atoms. The van der Waals surface area contributed by atoms with Crippen LogP contribution in [0.4, 0.5) is 10.2 Å². The molecule has 146 valence electrons. The Morgan fingerprint density at radius 1 is 0.966 bits per heavy atom. The molecule has 0 unspecified atom stereocenters. The highest BCUT2D eigenvalue weighted by atomic mass is 19.1. The SMILES string of the molecule is CCOc1cc(-c2ccc(F)cc2)cc2c(NCc3ccc(C)nn3)ncnc12. The predicted molar refractivity (Wildman–Crippen MR) is 110 cm³/mol. The number of benzene rings is 2. The Kier molecular flexibility index (Phi) is 5.29. The second kappa shape index (κ2) is 8.18. The lowest BCUT2D eigenvalue weighted by Crippen LogP contribution is -2.06. The molecule has 0 radical (unpaired) electrons. The number of fused-ring (bicyclic) bond motifs is 1. The molecule has 0 aliphatic rings. The Morgan fingerprint density at radius 2 is 1.79 bits per heavy atom. The Labute approximate surface area is 167 Å². The Balaban J connectivity index is 1.75. The zero-order valence-corrected chi connectivity index (χ0v) is 16.2. The van der Waals surface area contributed by atoms with Crippen LogP contribution in [0.15, 0.2) is 54.9 Å². The number of rotatable bonds is 6. The van der Waals surface area contributed by atoms with E-state index in [9.17, 15) is 4.39 Å². The van der Waals surface area contributed by atoms with Gasteiger partial charge in [-0.15, -0.1) is 0 Å². The molecule has 2 heterocycles. The van der Waals surface area contributed by atoms with Crippen LogP contribution >= 0.6 is 0 Å². The fourth-order valence-corrected chi connectivity index (χ4v) is 3.05. The smallest absolute Gasteiger partial charge is 0.146 e. The molecule has 6 nitrogen and oxygen atoms in total. The average molecular weight is 389 g/mol. The summed E-state index contributed by atoms with van der Waals surface area (Å²) in [7, 11) is 0. The molecule has 0 bridgehead atoms. The van der Waals surface area contributed by atoms with Crippen LogP contribution in [0.3, 0.4) is 0 Å². The molecule has 0 atom stereocenters. The number of ether oxygens (including phenoxy) is 1. The van der Waals surface area contributed by atoms with E-state index < -0.39 is 0 Å². The van der Waals surface area contributed by atoms with Crippen LogP contribution in [-0.4, -0.2) is 26.8 Å². The van der Waals surface area contributed by atoms with Crippen LogP contribution in [-0.2, 0) is 6.54 Å². The minimum Gasteiger partial charge on any atom is -0.492 e. The molecule has 0 spiro atoms. The summed E-state index contributed by atoms with van der Waals surface area (Å²) >= 11 is 0. The van der Waals surface area contributed by atoms with Crippen molar-refractivity contribution in [3.05, 3.63) is 72.1 Å². The van der Waals surface area contributed by atoms with Crippen LogP contribution in [0.5, 0.6) is 5.75 Å². The number of anilines is 1. The minimum absolute atomic E-state index is 0.274. The molecule has 0 amide bonds. The van der Waals surface area contributed by atoms with Crippen LogP contribution in [0.25, 0.3) is 22.0 Å². The van der Waals surface area contributed by atoms with Gasteiger partial charge < -0.3 is 10.1 Å². The van der Waals surface area contributed by atoms with Crippen LogP contribution in [0.2, 0.25) is 0 Å². The molecule has 0 saturated heterocycles. The summed E-state index contributed by atoms with van der Waals surface area (Å²) in [6.45, 7) is 4.80. The van der Waals surface area contributed by atoms with E-state index in [2.05, 4.69) is 25.5 Å². The maximum atomic E-state index is 13.3. The molecule has 0 fully saturated rings. The summed E-state index contributed by atoms with van der Waals surface area (Å²) in [5.74, 6) is 1.05. The van der Waals surface area contributed by atoms with Gasteiger partial charge in [0.05, 0.1) is 24.5 Å². The zero-order chi connectivity index (χ0) is 20.2. The van der Waals surface area contributed by atoms with Gasteiger partial charge in [-0.05, 0) is 61.4 Å². The highest BCUT2D eigenvalue weighted by Gasteiger charge is 2.13. The van der Waals surface area contributed by atoms with E-state index in [1.54, 1.807) is 12.1 Å². The highest BCUT2D eigenvalue weighted by molar-refractivity contribution is 5.96. The number of aromatic nitrogens is 4. The summed E-state index contributed by atoms with van der Waals surface area (Å²) < 4.78 is 19.2. The van der Waals surface area contributed by atoms with Crippen molar-refractivity contribution in [3.63, 3.8) is 0 Å². The van der Waals surface area contributed by atoms with Crippen molar-refractivity contribution >= 4 is 16.7 Å².